The summed E-state index contributed by atoms with van der Waals surface area (Å²) >= 11 is 0. The maximum absolute atomic E-state index is 13.4. The van der Waals surface area contributed by atoms with Crippen LogP contribution in [0.2, 0.25) is 0 Å². The number of imide groups is 2. The molecule has 1 unspecified atom stereocenters. The van der Waals surface area contributed by atoms with Crippen LogP contribution in [0.1, 0.15) is 94.9 Å². The minimum atomic E-state index is -0.997. The molecule has 1 aromatic carbocycles. The molecule has 7 heterocycles. The summed E-state index contributed by atoms with van der Waals surface area (Å²) in [5.74, 6) is -0.301. The van der Waals surface area contributed by atoms with Gasteiger partial charge in [0.25, 0.3) is 17.7 Å². The minimum Gasteiger partial charge on any atom is -0.384 e. The summed E-state index contributed by atoms with van der Waals surface area (Å²) in [6.07, 6.45) is 14.9. The Morgan fingerprint density at radius 3 is 2.45 bits per heavy atom. The Labute approximate surface area is 357 Å². The number of fused-ring (bicyclic) bond motifs is 2. The normalized spacial score (nSPS) is 18.2. The number of piperazine rings is 1. The van der Waals surface area contributed by atoms with E-state index in [1.807, 2.05) is 35.4 Å². The topological polar surface area (TPSA) is 209 Å². The number of unbranched alkanes of at least 4 members (excludes halogenated alkanes) is 2. The van der Waals surface area contributed by atoms with Crippen molar-refractivity contribution in [1.82, 2.24) is 49.6 Å². The standard InChI is InChI=1S/C43H50N14O5/c1-52(2)40(60)30-25-56(27-9-4-5-10-27)33-24-46-43(49-38(30)33)47-34-15-13-28(23-45-34)53-19-21-54(22-20-53)35-26-55(51-50-35)18-7-3-6-17-44-31-12-8-11-29-37(31)42(62)57(41(29)61)32-14-16-36(58)48-39(32)59/h8,11-13,15,23-27,32,44H,3-7,9-10,14,16-22H2,1-2H3,(H,48,58,59)(H,45,46,47,49). The van der Waals surface area contributed by atoms with E-state index < -0.39 is 29.7 Å². The lowest BCUT2D eigenvalue weighted by Gasteiger charge is -2.35. The third kappa shape index (κ3) is 8.01. The largest absolute Gasteiger partial charge is 0.384 e. The van der Waals surface area contributed by atoms with Crippen molar-refractivity contribution in [3.63, 3.8) is 0 Å². The Morgan fingerprint density at radius 2 is 1.69 bits per heavy atom. The number of nitrogens with one attached hydrogen (secondary N) is 3. The molecule has 4 aromatic heterocycles. The molecule has 5 aromatic rings. The number of hydrogen-bond acceptors (Lipinski definition) is 14. The van der Waals surface area contributed by atoms with Crippen LogP contribution in [0.5, 0.6) is 0 Å². The number of rotatable bonds is 14. The number of benzene rings is 1. The maximum atomic E-state index is 13.4. The number of nitrogens with zero attached hydrogens (tertiary/aromatic N) is 11. The van der Waals surface area contributed by atoms with Crippen LogP contribution in [-0.2, 0) is 16.1 Å². The SMILES string of the molecule is CN(C)C(=O)c1cn(C2CCCC2)c2cnc(Nc3ccc(N4CCN(c5cn(CCCCCNc6cccc7c6C(=O)N(C6CCC(=O)NC6=O)C7=O)nn5)CC4)cn3)nc12. The Morgan fingerprint density at radius 1 is 0.887 bits per heavy atom. The van der Waals surface area contributed by atoms with Gasteiger partial charge >= 0.3 is 0 Å². The lowest BCUT2D eigenvalue weighted by atomic mass is 10.0. The van der Waals surface area contributed by atoms with Gasteiger partial charge < -0.3 is 29.9 Å². The van der Waals surface area contributed by atoms with E-state index in [-0.39, 0.29) is 29.9 Å². The molecule has 0 bridgehead atoms. The molecule has 3 aliphatic heterocycles. The summed E-state index contributed by atoms with van der Waals surface area (Å²) in [6.45, 7) is 4.49. The van der Waals surface area contributed by atoms with Crippen LogP contribution < -0.4 is 25.8 Å². The molecule has 62 heavy (non-hydrogen) atoms. The Bertz CT molecular complexity index is 2520. The molecule has 0 spiro atoms. The second-order valence-electron chi connectivity index (χ2n) is 16.5. The zero-order valence-corrected chi connectivity index (χ0v) is 34.9. The number of carbonyl (C=O) groups is 5. The number of pyridine rings is 1. The summed E-state index contributed by atoms with van der Waals surface area (Å²) < 4.78 is 4.05. The number of anilines is 5. The smallest absolute Gasteiger partial charge is 0.264 e. The van der Waals surface area contributed by atoms with E-state index in [1.165, 1.54) is 12.8 Å². The fourth-order valence-electron chi connectivity index (χ4n) is 8.93. The lowest BCUT2D eigenvalue weighted by Crippen LogP contribution is -2.54. The number of amides is 5. The first-order valence-electron chi connectivity index (χ1n) is 21.4. The highest BCUT2D eigenvalue weighted by molar-refractivity contribution is 6.25. The molecule has 9 rings (SSSR count). The van der Waals surface area contributed by atoms with Crippen LogP contribution in [0.15, 0.2) is 55.1 Å². The van der Waals surface area contributed by atoms with E-state index in [9.17, 15) is 24.0 Å². The molecular formula is C43H50N14O5. The highest BCUT2D eigenvalue weighted by atomic mass is 16.2. The molecule has 5 amide bonds. The Hall–Kier alpha value is -6.92. The lowest BCUT2D eigenvalue weighted by molar-refractivity contribution is -0.136. The predicted octanol–water partition coefficient (Wildman–Crippen LogP) is 3.99. The number of hydrogen-bond donors (Lipinski definition) is 3. The van der Waals surface area contributed by atoms with Gasteiger partial charge in [-0.3, -0.25) is 38.9 Å². The van der Waals surface area contributed by atoms with Gasteiger partial charge in [0.2, 0.25) is 17.8 Å². The summed E-state index contributed by atoms with van der Waals surface area (Å²) in [4.78, 5) is 84.8. The van der Waals surface area contributed by atoms with Gasteiger partial charge in [-0.2, -0.15) is 0 Å². The van der Waals surface area contributed by atoms with E-state index in [4.69, 9.17) is 4.98 Å². The summed E-state index contributed by atoms with van der Waals surface area (Å²) in [7, 11) is 3.51. The van der Waals surface area contributed by atoms with Crippen LogP contribution in [0.3, 0.4) is 0 Å². The quantitative estimate of drug-likeness (QED) is 0.107. The molecule has 322 valence electrons. The average Bonchev–Trinajstić information content (AvgIpc) is 4.10. The number of aryl methyl sites for hydroxylation is 1. The second-order valence-corrected chi connectivity index (χ2v) is 16.5. The monoisotopic (exact) mass is 842 g/mol. The minimum absolute atomic E-state index is 0.0770. The van der Waals surface area contributed by atoms with Gasteiger partial charge in [-0.15, -0.1) is 5.10 Å². The molecule has 3 N–H and O–H groups in total. The van der Waals surface area contributed by atoms with Gasteiger partial charge in [0.05, 0.1) is 46.5 Å². The Balaban J connectivity index is 0.724. The van der Waals surface area contributed by atoms with Gasteiger partial charge in [-0.1, -0.05) is 24.1 Å². The fraction of sp³-hybridized carbons (Fsp3) is 0.442. The average molecular weight is 843 g/mol. The molecule has 2 saturated heterocycles. The summed E-state index contributed by atoms with van der Waals surface area (Å²) in [5.41, 5.74) is 4.19. The van der Waals surface area contributed by atoms with Gasteiger partial charge in [-0.25, -0.2) is 15.0 Å². The van der Waals surface area contributed by atoms with Crippen molar-refractivity contribution in [1.29, 1.82) is 0 Å². The zero-order valence-electron chi connectivity index (χ0n) is 34.9. The fourth-order valence-corrected chi connectivity index (χ4v) is 8.93. The van der Waals surface area contributed by atoms with E-state index in [0.29, 0.717) is 41.1 Å². The highest BCUT2D eigenvalue weighted by Crippen LogP contribution is 2.35. The Kier molecular flexibility index (Phi) is 11.2. The summed E-state index contributed by atoms with van der Waals surface area (Å²) in [5, 5.41) is 17.6. The van der Waals surface area contributed by atoms with Crippen LogP contribution in [0.4, 0.5) is 29.0 Å². The van der Waals surface area contributed by atoms with E-state index in [0.717, 1.165) is 86.7 Å². The van der Waals surface area contributed by atoms with Crippen LogP contribution >= 0.6 is 0 Å². The molecule has 3 fully saturated rings. The van der Waals surface area contributed by atoms with E-state index >= 15 is 0 Å². The third-order valence-corrected chi connectivity index (χ3v) is 12.3. The number of piperidine rings is 1. The number of carbonyl (C=O) groups excluding carboxylic acids is 5. The highest BCUT2D eigenvalue weighted by Gasteiger charge is 2.45. The van der Waals surface area contributed by atoms with Crippen molar-refractivity contribution in [2.75, 3.05) is 67.3 Å². The van der Waals surface area contributed by atoms with Gasteiger partial charge in [0.15, 0.2) is 5.82 Å². The van der Waals surface area contributed by atoms with Crippen molar-refractivity contribution in [3.05, 3.63) is 71.8 Å². The molecule has 19 nitrogen and oxygen atoms in total. The number of aromatic nitrogens is 7. The predicted molar refractivity (Wildman–Crippen MR) is 230 cm³/mol. The molecule has 19 heteroatoms. The molecule has 1 saturated carbocycles. The first-order chi connectivity index (χ1) is 30.1. The molecule has 1 aliphatic carbocycles. The van der Waals surface area contributed by atoms with Crippen molar-refractivity contribution in [3.8, 4) is 0 Å². The van der Waals surface area contributed by atoms with Gasteiger partial charge in [-0.05, 0) is 62.8 Å². The summed E-state index contributed by atoms with van der Waals surface area (Å²) in [6, 6.07) is 8.39. The van der Waals surface area contributed by atoms with E-state index in [1.54, 1.807) is 43.4 Å². The van der Waals surface area contributed by atoms with Crippen molar-refractivity contribution >= 4 is 69.5 Å². The molecule has 4 aliphatic rings. The molecule has 0 radical (unpaired) electrons. The second kappa shape index (κ2) is 17.2. The van der Waals surface area contributed by atoms with Crippen molar-refractivity contribution in [2.24, 2.45) is 0 Å². The van der Waals surface area contributed by atoms with Crippen LogP contribution in [-0.4, -0.2) is 127 Å². The zero-order chi connectivity index (χ0) is 42.9. The van der Waals surface area contributed by atoms with E-state index in [2.05, 4.69) is 50.6 Å². The van der Waals surface area contributed by atoms with Gasteiger partial charge in [0, 0.05) is 77.7 Å². The van der Waals surface area contributed by atoms with Gasteiger partial charge in [0.1, 0.15) is 17.4 Å². The molecule has 1 atom stereocenters. The van der Waals surface area contributed by atoms with Crippen LogP contribution in [0.25, 0.3) is 11.0 Å². The maximum Gasteiger partial charge on any atom is 0.264 e. The first-order valence-corrected chi connectivity index (χ1v) is 21.4. The van der Waals surface area contributed by atoms with Crippen molar-refractivity contribution in [2.45, 2.75) is 76.4 Å². The third-order valence-electron chi connectivity index (χ3n) is 12.3. The van der Waals surface area contributed by atoms with Crippen molar-refractivity contribution < 1.29 is 24.0 Å². The van der Waals surface area contributed by atoms with Crippen LogP contribution in [0, 0.1) is 0 Å². The first kappa shape index (κ1) is 40.5. The molecular weight excluding hydrogens is 793 g/mol.